The molecule has 3 rings (SSSR count). The molecule has 0 N–H and O–H groups in total. The minimum absolute atomic E-state index is 0.122. The lowest BCUT2D eigenvalue weighted by molar-refractivity contribution is 0.750. The molecule has 2 atom stereocenters. The highest BCUT2D eigenvalue weighted by atomic mass is 14.2. The van der Waals surface area contributed by atoms with Gasteiger partial charge in [0.15, 0.2) is 0 Å². The van der Waals surface area contributed by atoms with Crippen molar-refractivity contribution in [1.29, 1.82) is 0 Å². The molecule has 2 aromatic carbocycles. The second-order valence-corrected chi connectivity index (χ2v) is 8.45. The summed E-state index contributed by atoms with van der Waals surface area (Å²) in [5.41, 5.74) is 5.32. The third-order valence-electron chi connectivity index (χ3n) is 5.63. The van der Waals surface area contributed by atoms with Crippen molar-refractivity contribution in [3.8, 4) is 23.7 Å². The number of hydrogen-bond acceptors (Lipinski definition) is 0. The molecule has 2 aromatic rings. The molecule has 0 heterocycles. The Hall–Kier alpha value is -2.44. The van der Waals surface area contributed by atoms with E-state index in [0.29, 0.717) is 11.8 Å². The molecule has 0 saturated heterocycles. The molecule has 28 heavy (non-hydrogen) atoms. The molecule has 1 unspecified atom stereocenters. The van der Waals surface area contributed by atoms with E-state index in [9.17, 15) is 0 Å². The maximum absolute atomic E-state index is 3.59. The van der Waals surface area contributed by atoms with Crippen molar-refractivity contribution in [1.82, 2.24) is 0 Å². The van der Waals surface area contributed by atoms with Gasteiger partial charge in [0.25, 0.3) is 0 Å². The van der Waals surface area contributed by atoms with Crippen LogP contribution in [-0.2, 0) is 0 Å². The second kappa shape index (κ2) is 9.66. The predicted octanol–water partition coefficient (Wildman–Crippen LogP) is 7.38. The summed E-state index contributed by atoms with van der Waals surface area (Å²) in [5.74, 6) is 15.4. The molecule has 0 saturated carbocycles. The predicted molar refractivity (Wildman–Crippen MR) is 121 cm³/mol. The molecule has 0 radical (unpaired) electrons. The maximum Gasteiger partial charge on any atom is 0.0630 e. The molecule has 0 spiro atoms. The van der Waals surface area contributed by atoms with Crippen molar-refractivity contribution in [3.63, 3.8) is 0 Å². The molecule has 0 fully saturated rings. The minimum atomic E-state index is 0.122. The van der Waals surface area contributed by atoms with Crippen molar-refractivity contribution in [2.24, 2.45) is 0 Å². The molecule has 0 heteroatoms. The van der Waals surface area contributed by atoms with Crippen LogP contribution in [0.1, 0.15) is 99.3 Å². The number of rotatable bonds is 4. The van der Waals surface area contributed by atoms with E-state index in [1.807, 2.05) is 0 Å². The van der Waals surface area contributed by atoms with Gasteiger partial charge in [0, 0.05) is 12.8 Å². The highest BCUT2D eigenvalue weighted by Crippen LogP contribution is 2.34. The van der Waals surface area contributed by atoms with Crippen LogP contribution < -0.4 is 0 Å². The SMILES string of the molecule is CC(C)c1ccc(C2C#CCCCCC#C[C@H]2c2ccc(C(C)C)cc2)cc1. The normalized spacial score (nSPS) is 19.5. The second-order valence-electron chi connectivity index (χ2n) is 8.45. The summed E-state index contributed by atoms with van der Waals surface area (Å²) in [6.45, 7) is 8.96. The zero-order valence-corrected chi connectivity index (χ0v) is 17.8. The van der Waals surface area contributed by atoms with Gasteiger partial charge in [-0.1, -0.05) is 88.1 Å². The minimum Gasteiger partial charge on any atom is -0.103 e. The van der Waals surface area contributed by atoms with Crippen LogP contribution in [0.2, 0.25) is 0 Å². The number of hydrogen-bond donors (Lipinski definition) is 0. The molecule has 1 aliphatic rings. The van der Waals surface area contributed by atoms with Gasteiger partial charge in [-0.15, -0.1) is 11.8 Å². The van der Waals surface area contributed by atoms with Gasteiger partial charge in [0.2, 0.25) is 0 Å². The van der Waals surface area contributed by atoms with Crippen LogP contribution in [0.5, 0.6) is 0 Å². The zero-order valence-electron chi connectivity index (χ0n) is 17.8. The smallest absolute Gasteiger partial charge is 0.0630 e. The van der Waals surface area contributed by atoms with E-state index in [1.165, 1.54) is 22.3 Å². The maximum atomic E-state index is 3.59. The van der Waals surface area contributed by atoms with Crippen LogP contribution in [-0.4, -0.2) is 0 Å². The highest BCUT2D eigenvalue weighted by Gasteiger charge is 2.22. The quantitative estimate of drug-likeness (QED) is 0.494. The lowest BCUT2D eigenvalue weighted by Gasteiger charge is -2.21. The van der Waals surface area contributed by atoms with Gasteiger partial charge in [-0.2, -0.15) is 0 Å². The Labute approximate surface area is 171 Å². The standard InChI is InChI=1S/C28H32/c1-21(2)23-13-17-25(18-14-23)27-11-9-7-5-6-8-10-12-28(27)26-19-15-24(16-20-26)22(3)4/h13-22,27-28H,5-8H2,1-4H3/t27-,28?/m0/s1. The molecule has 0 amide bonds. The van der Waals surface area contributed by atoms with Crippen molar-refractivity contribution in [3.05, 3.63) is 70.8 Å². The zero-order chi connectivity index (χ0) is 19.9. The van der Waals surface area contributed by atoms with Gasteiger partial charge in [0.1, 0.15) is 0 Å². The molecular weight excluding hydrogens is 336 g/mol. The van der Waals surface area contributed by atoms with Gasteiger partial charge in [-0.3, -0.25) is 0 Å². The first-order chi connectivity index (χ1) is 13.6. The van der Waals surface area contributed by atoms with Gasteiger partial charge < -0.3 is 0 Å². The third kappa shape index (κ3) is 5.09. The van der Waals surface area contributed by atoms with Gasteiger partial charge in [-0.05, 0) is 46.9 Å². The molecule has 0 nitrogen and oxygen atoms in total. The van der Waals surface area contributed by atoms with E-state index >= 15 is 0 Å². The largest absolute Gasteiger partial charge is 0.103 e. The monoisotopic (exact) mass is 368 g/mol. The average molecular weight is 369 g/mol. The van der Waals surface area contributed by atoms with Gasteiger partial charge in [-0.25, -0.2) is 0 Å². The first-order valence-electron chi connectivity index (χ1n) is 10.7. The summed E-state index contributed by atoms with van der Waals surface area (Å²) in [7, 11) is 0. The van der Waals surface area contributed by atoms with E-state index in [1.54, 1.807) is 0 Å². The van der Waals surface area contributed by atoms with Gasteiger partial charge >= 0.3 is 0 Å². The topological polar surface area (TPSA) is 0 Å². The van der Waals surface area contributed by atoms with Crippen LogP contribution in [0, 0.1) is 23.7 Å². The van der Waals surface area contributed by atoms with Crippen LogP contribution in [0.25, 0.3) is 0 Å². The van der Waals surface area contributed by atoms with E-state index < -0.39 is 0 Å². The number of benzene rings is 2. The molecule has 1 aliphatic carbocycles. The average Bonchev–Trinajstić information content (AvgIpc) is 2.71. The van der Waals surface area contributed by atoms with Crippen LogP contribution >= 0.6 is 0 Å². The molecule has 0 bridgehead atoms. The highest BCUT2D eigenvalue weighted by molar-refractivity contribution is 5.43. The molecule has 0 aliphatic heterocycles. The summed E-state index contributed by atoms with van der Waals surface area (Å²) >= 11 is 0. The van der Waals surface area contributed by atoms with Gasteiger partial charge in [0.05, 0.1) is 11.8 Å². The van der Waals surface area contributed by atoms with Crippen molar-refractivity contribution >= 4 is 0 Å². The Balaban J connectivity index is 2.01. The fourth-order valence-corrected chi connectivity index (χ4v) is 3.69. The van der Waals surface area contributed by atoms with E-state index in [2.05, 4.69) is 99.9 Å². The molecular formula is C28H32. The van der Waals surface area contributed by atoms with Crippen LogP contribution in [0.4, 0.5) is 0 Å². The summed E-state index contributed by atoms with van der Waals surface area (Å²) in [6.07, 6.45) is 4.24. The molecule has 0 aromatic heterocycles. The van der Waals surface area contributed by atoms with E-state index in [0.717, 1.165) is 25.7 Å². The molecule has 144 valence electrons. The Morgan fingerprint density at radius 3 is 1.29 bits per heavy atom. The summed E-state index contributed by atoms with van der Waals surface area (Å²) in [6, 6.07) is 18.1. The Kier molecular flexibility index (Phi) is 7.01. The fraction of sp³-hybridized carbons (Fsp3) is 0.429. The van der Waals surface area contributed by atoms with Crippen molar-refractivity contribution in [2.45, 2.75) is 77.0 Å². The van der Waals surface area contributed by atoms with Crippen LogP contribution in [0.15, 0.2) is 48.5 Å². The van der Waals surface area contributed by atoms with Crippen LogP contribution in [0.3, 0.4) is 0 Å². The lowest BCUT2D eigenvalue weighted by Crippen LogP contribution is -2.09. The Bertz CT molecular complexity index is 796. The van der Waals surface area contributed by atoms with Crippen molar-refractivity contribution < 1.29 is 0 Å². The first kappa shape index (κ1) is 20.3. The Morgan fingerprint density at radius 2 is 0.964 bits per heavy atom. The summed E-state index contributed by atoms with van der Waals surface area (Å²) in [4.78, 5) is 0. The Morgan fingerprint density at radius 1 is 0.607 bits per heavy atom. The van der Waals surface area contributed by atoms with Crippen molar-refractivity contribution in [2.75, 3.05) is 0 Å². The summed E-state index contributed by atoms with van der Waals surface area (Å²) < 4.78 is 0. The third-order valence-corrected chi connectivity index (χ3v) is 5.63. The fourth-order valence-electron chi connectivity index (χ4n) is 3.69. The lowest BCUT2D eigenvalue weighted by atomic mass is 9.80. The summed E-state index contributed by atoms with van der Waals surface area (Å²) in [5, 5.41) is 0. The van der Waals surface area contributed by atoms with E-state index in [-0.39, 0.29) is 11.8 Å². The first-order valence-corrected chi connectivity index (χ1v) is 10.7. The van der Waals surface area contributed by atoms with E-state index in [4.69, 9.17) is 0 Å².